The third-order valence-electron chi connectivity index (χ3n) is 4.20. The summed E-state index contributed by atoms with van der Waals surface area (Å²) >= 11 is 0. The van der Waals surface area contributed by atoms with Gasteiger partial charge in [-0.25, -0.2) is 5.43 Å². The molecule has 0 saturated heterocycles. The number of ether oxygens (including phenoxy) is 1. The minimum Gasteiger partial charge on any atom is -0.507 e. The van der Waals surface area contributed by atoms with Crippen molar-refractivity contribution in [3.63, 3.8) is 0 Å². The Labute approximate surface area is 176 Å². The summed E-state index contributed by atoms with van der Waals surface area (Å²) in [6, 6.07) is 12.0. The van der Waals surface area contributed by atoms with Crippen molar-refractivity contribution >= 4 is 18.0 Å². The minimum absolute atomic E-state index is 0.0887. The van der Waals surface area contributed by atoms with Gasteiger partial charge in [0.1, 0.15) is 11.5 Å². The Morgan fingerprint density at radius 2 is 1.97 bits per heavy atom. The van der Waals surface area contributed by atoms with E-state index in [0.717, 1.165) is 12.8 Å². The van der Waals surface area contributed by atoms with E-state index >= 15 is 0 Å². The predicted molar refractivity (Wildman–Crippen MR) is 117 cm³/mol. The Bertz CT molecular complexity index is 892. The molecule has 0 spiro atoms. The van der Waals surface area contributed by atoms with E-state index in [1.807, 2.05) is 0 Å². The number of hydrogen-bond donors (Lipinski definition) is 3. The molecule has 7 nitrogen and oxygen atoms in total. The van der Waals surface area contributed by atoms with Gasteiger partial charge in [-0.05, 0) is 48.7 Å². The highest BCUT2D eigenvalue weighted by molar-refractivity contribution is 5.96. The summed E-state index contributed by atoms with van der Waals surface area (Å²) in [5, 5.41) is 16.5. The molecule has 0 heterocycles. The largest absolute Gasteiger partial charge is 0.507 e. The molecule has 30 heavy (non-hydrogen) atoms. The molecule has 0 aliphatic carbocycles. The maximum absolute atomic E-state index is 12.1. The Kier molecular flexibility index (Phi) is 9.12. The van der Waals surface area contributed by atoms with Gasteiger partial charge in [-0.1, -0.05) is 31.6 Å². The number of nitrogens with one attached hydrogen (secondary N) is 2. The maximum atomic E-state index is 12.1. The quantitative estimate of drug-likeness (QED) is 0.230. The van der Waals surface area contributed by atoms with Gasteiger partial charge in [0.05, 0.1) is 19.4 Å². The second-order valence-corrected chi connectivity index (χ2v) is 6.55. The maximum Gasteiger partial charge on any atom is 0.259 e. The first-order valence-electron chi connectivity index (χ1n) is 9.79. The minimum atomic E-state index is -0.485. The molecule has 0 fully saturated rings. The standard InChI is InChI=1S/C23H27N3O4/c1-3-5-14-30-20-12-10-18(11-13-20)23(29)24-16-21(27)26-25-15-19-9-6-8-17(7-4-2)22(19)28/h4,6,8-13,15,28H,2-3,5,7,14,16H2,1H3,(H,24,29)(H,26,27). The number of phenols is 1. The van der Waals surface area contributed by atoms with E-state index in [1.54, 1.807) is 48.5 Å². The van der Waals surface area contributed by atoms with E-state index < -0.39 is 5.91 Å². The predicted octanol–water partition coefficient (Wildman–Crippen LogP) is 3.18. The summed E-state index contributed by atoms with van der Waals surface area (Å²) in [6.45, 7) is 6.14. The van der Waals surface area contributed by atoms with Crippen molar-refractivity contribution < 1.29 is 19.4 Å². The second-order valence-electron chi connectivity index (χ2n) is 6.55. The molecule has 0 unspecified atom stereocenters. The number of hydrazone groups is 1. The summed E-state index contributed by atoms with van der Waals surface area (Å²) in [4.78, 5) is 24.0. The van der Waals surface area contributed by atoms with Crippen molar-refractivity contribution in [3.8, 4) is 11.5 Å². The van der Waals surface area contributed by atoms with Crippen molar-refractivity contribution in [3.05, 3.63) is 71.8 Å². The topological polar surface area (TPSA) is 100 Å². The summed E-state index contributed by atoms with van der Waals surface area (Å²) in [5.74, 6) is -0.0665. The molecule has 2 rings (SSSR count). The number of unbranched alkanes of at least 4 members (excludes halogenated alkanes) is 1. The van der Waals surface area contributed by atoms with Gasteiger partial charge in [0.25, 0.3) is 11.8 Å². The molecule has 2 aromatic carbocycles. The number of phenolic OH excluding ortho intramolecular Hbond substituents is 1. The number of amides is 2. The lowest BCUT2D eigenvalue weighted by Crippen LogP contribution is -2.34. The first-order valence-corrected chi connectivity index (χ1v) is 9.79. The lowest BCUT2D eigenvalue weighted by atomic mass is 10.1. The van der Waals surface area contributed by atoms with E-state index in [1.165, 1.54) is 6.21 Å². The Hall–Kier alpha value is -3.61. The van der Waals surface area contributed by atoms with Crippen LogP contribution in [0.2, 0.25) is 0 Å². The fourth-order valence-electron chi connectivity index (χ4n) is 2.55. The van der Waals surface area contributed by atoms with Crippen LogP contribution in [0.15, 0.2) is 60.2 Å². The van der Waals surface area contributed by atoms with Crippen LogP contribution < -0.4 is 15.5 Å². The van der Waals surface area contributed by atoms with E-state index in [4.69, 9.17) is 4.74 Å². The number of carbonyl (C=O) groups excluding carboxylic acids is 2. The van der Waals surface area contributed by atoms with Gasteiger partial charge < -0.3 is 15.2 Å². The Balaban J connectivity index is 1.80. The molecular formula is C23H27N3O4. The highest BCUT2D eigenvalue weighted by atomic mass is 16.5. The van der Waals surface area contributed by atoms with Crippen LogP contribution in [0.1, 0.15) is 41.3 Å². The number of rotatable bonds is 11. The zero-order valence-electron chi connectivity index (χ0n) is 17.1. The van der Waals surface area contributed by atoms with Crippen LogP contribution in [0.25, 0.3) is 0 Å². The van der Waals surface area contributed by atoms with Crippen LogP contribution in [-0.4, -0.2) is 36.3 Å². The van der Waals surface area contributed by atoms with Crippen LogP contribution in [0.5, 0.6) is 11.5 Å². The molecule has 0 atom stereocenters. The van der Waals surface area contributed by atoms with Crippen molar-refractivity contribution in [1.82, 2.24) is 10.7 Å². The number of allylic oxidation sites excluding steroid dienone is 1. The second kappa shape index (κ2) is 12.1. The first-order chi connectivity index (χ1) is 14.5. The van der Waals surface area contributed by atoms with Crippen LogP contribution >= 0.6 is 0 Å². The van der Waals surface area contributed by atoms with Crippen LogP contribution in [-0.2, 0) is 11.2 Å². The van der Waals surface area contributed by atoms with Crippen molar-refractivity contribution in [2.45, 2.75) is 26.2 Å². The molecule has 2 amide bonds. The molecule has 158 valence electrons. The van der Waals surface area contributed by atoms with Crippen molar-refractivity contribution in [2.24, 2.45) is 5.10 Å². The lowest BCUT2D eigenvalue weighted by Gasteiger charge is -2.07. The fourth-order valence-corrected chi connectivity index (χ4v) is 2.55. The highest BCUT2D eigenvalue weighted by Gasteiger charge is 2.08. The van der Waals surface area contributed by atoms with Gasteiger partial charge in [0, 0.05) is 11.1 Å². The van der Waals surface area contributed by atoms with E-state index in [-0.39, 0.29) is 18.2 Å². The molecule has 0 aromatic heterocycles. The number of benzene rings is 2. The molecular weight excluding hydrogens is 382 g/mol. The monoisotopic (exact) mass is 409 g/mol. The summed E-state index contributed by atoms with van der Waals surface area (Å²) in [7, 11) is 0. The lowest BCUT2D eigenvalue weighted by molar-refractivity contribution is -0.120. The average molecular weight is 409 g/mol. The SMILES string of the molecule is C=CCc1cccc(C=NNC(=O)CNC(=O)c2ccc(OCCCC)cc2)c1O. The Morgan fingerprint density at radius 1 is 1.20 bits per heavy atom. The molecule has 2 aromatic rings. The average Bonchev–Trinajstić information content (AvgIpc) is 2.75. The summed E-state index contributed by atoms with van der Waals surface area (Å²) in [5.41, 5.74) is 3.94. The van der Waals surface area contributed by atoms with Gasteiger partial charge in [-0.3, -0.25) is 9.59 Å². The van der Waals surface area contributed by atoms with E-state index in [2.05, 4.69) is 29.3 Å². The van der Waals surface area contributed by atoms with Gasteiger partial charge in [-0.2, -0.15) is 5.10 Å². The normalized spacial score (nSPS) is 10.6. The van der Waals surface area contributed by atoms with Crippen molar-refractivity contribution in [2.75, 3.05) is 13.2 Å². The molecule has 0 bridgehead atoms. The van der Waals surface area contributed by atoms with Gasteiger partial charge in [0.15, 0.2) is 0 Å². The molecule has 3 N–H and O–H groups in total. The zero-order chi connectivity index (χ0) is 21.8. The van der Waals surface area contributed by atoms with Crippen molar-refractivity contribution in [1.29, 1.82) is 0 Å². The number of carbonyl (C=O) groups is 2. The van der Waals surface area contributed by atoms with Gasteiger partial charge in [-0.15, -0.1) is 6.58 Å². The van der Waals surface area contributed by atoms with Gasteiger partial charge >= 0.3 is 0 Å². The van der Waals surface area contributed by atoms with Crippen LogP contribution in [0, 0.1) is 0 Å². The zero-order valence-corrected chi connectivity index (χ0v) is 17.1. The summed E-state index contributed by atoms with van der Waals surface area (Å²) < 4.78 is 5.56. The fraction of sp³-hybridized carbons (Fsp3) is 0.261. The summed E-state index contributed by atoms with van der Waals surface area (Å²) in [6.07, 6.45) is 5.58. The van der Waals surface area contributed by atoms with E-state index in [9.17, 15) is 14.7 Å². The smallest absolute Gasteiger partial charge is 0.259 e. The molecule has 0 saturated carbocycles. The highest BCUT2D eigenvalue weighted by Crippen LogP contribution is 2.21. The number of para-hydroxylation sites is 1. The van der Waals surface area contributed by atoms with Crippen LogP contribution in [0.4, 0.5) is 0 Å². The molecule has 0 radical (unpaired) electrons. The molecule has 7 heteroatoms. The van der Waals surface area contributed by atoms with Crippen LogP contribution in [0.3, 0.4) is 0 Å². The number of hydrogen-bond acceptors (Lipinski definition) is 5. The number of aromatic hydroxyl groups is 1. The molecule has 0 aliphatic heterocycles. The third kappa shape index (κ3) is 7.09. The van der Waals surface area contributed by atoms with Gasteiger partial charge in [0.2, 0.25) is 0 Å². The third-order valence-corrected chi connectivity index (χ3v) is 4.20. The Morgan fingerprint density at radius 3 is 2.67 bits per heavy atom. The van der Waals surface area contributed by atoms with E-state index in [0.29, 0.717) is 35.5 Å². The molecule has 0 aliphatic rings. The first kappa shape index (κ1) is 22.7. The number of nitrogens with zero attached hydrogens (tertiary/aromatic N) is 1.